The van der Waals surface area contributed by atoms with Crippen LogP contribution in [0.2, 0.25) is 5.02 Å². The second-order valence-corrected chi connectivity index (χ2v) is 9.59. The standard InChI is InChI=1S/C21H25ClFN5O2S/c1-21(2)27-19(24)26-20(25)28(21)16-10-9-15(18(22)13-16)6-4-3-5-14-7-11-17(12-8-14)31(23,29)30/h7-13H,3-6H2,1-2H3,(H4,24,25,26,27). The molecule has 4 N–H and O–H groups in total. The van der Waals surface area contributed by atoms with Crippen molar-refractivity contribution in [2.24, 2.45) is 21.5 Å². The number of benzene rings is 2. The highest BCUT2D eigenvalue weighted by Gasteiger charge is 2.33. The maximum Gasteiger partial charge on any atom is 0.332 e. The van der Waals surface area contributed by atoms with E-state index in [9.17, 15) is 12.3 Å². The van der Waals surface area contributed by atoms with Crippen LogP contribution in [0.3, 0.4) is 0 Å². The van der Waals surface area contributed by atoms with Gasteiger partial charge in [-0.25, -0.2) is 4.99 Å². The van der Waals surface area contributed by atoms with Crippen molar-refractivity contribution in [3.63, 3.8) is 0 Å². The quantitative estimate of drug-likeness (QED) is 0.477. The van der Waals surface area contributed by atoms with Gasteiger partial charge < -0.3 is 11.5 Å². The number of guanidine groups is 2. The highest BCUT2D eigenvalue weighted by atomic mass is 35.5. The minimum atomic E-state index is -4.66. The number of nitrogens with two attached hydrogens (primary N) is 2. The zero-order valence-electron chi connectivity index (χ0n) is 17.3. The number of halogens is 2. The van der Waals surface area contributed by atoms with E-state index in [-0.39, 0.29) is 16.8 Å². The average Bonchev–Trinajstić information content (AvgIpc) is 2.64. The van der Waals surface area contributed by atoms with Gasteiger partial charge in [0, 0.05) is 10.7 Å². The fourth-order valence-electron chi connectivity index (χ4n) is 3.59. The van der Waals surface area contributed by atoms with Crippen LogP contribution in [-0.2, 0) is 23.1 Å². The molecule has 2 aromatic rings. The lowest BCUT2D eigenvalue weighted by atomic mass is 10.0. The summed E-state index contributed by atoms with van der Waals surface area (Å²) in [5.41, 5.74) is 13.8. The Labute approximate surface area is 186 Å². The normalized spacial score (nSPS) is 16.1. The molecule has 0 aromatic heterocycles. The summed E-state index contributed by atoms with van der Waals surface area (Å²) < 4.78 is 34.7. The Kier molecular flexibility index (Phi) is 6.56. The minimum Gasteiger partial charge on any atom is -0.369 e. The van der Waals surface area contributed by atoms with Gasteiger partial charge in [-0.1, -0.05) is 29.8 Å². The van der Waals surface area contributed by atoms with Gasteiger partial charge in [-0.05, 0) is 74.9 Å². The fourth-order valence-corrected chi connectivity index (χ4v) is 4.32. The zero-order chi connectivity index (χ0) is 22.8. The topological polar surface area (TPSA) is 114 Å². The van der Waals surface area contributed by atoms with Crippen molar-refractivity contribution < 1.29 is 12.3 Å². The van der Waals surface area contributed by atoms with Gasteiger partial charge in [0.2, 0.25) is 11.9 Å². The summed E-state index contributed by atoms with van der Waals surface area (Å²) in [6.45, 7) is 3.78. The average molecular weight is 466 g/mol. The first kappa shape index (κ1) is 23.0. The van der Waals surface area contributed by atoms with Crippen LogP contribution in [0.1, 0.15) is 37.8 Å². The molecule has 7 nitrogen and oxygen atoms in total. The van der Waals surface area contributed by atoms with Crippen molar-refractivity contribution in [3.8, 4) is 0 Å². The largest absolute Gasteiger partial charge is 0.369 e. The molecule has 1 aliphatic heterocycles. The van der Waals surface area contributed by atoms with Gasteiger partial charge in [-0.15, -0.1) is 3.89 Å². The van der Waals surface area contributed by atoms with Gasteiger partial charge in [0.05, 0.1) is 4.90 Å². The Morgan fingerprint density at radius 1 is 1.06 bits per heavy atom. The van der Waals surface area contributed by atoms with E-state index in [1.54, 1.807) is 17.0 Å². The summed E-state index contributed by atoms with van der Waals surface area (Å²) in [5.74, 6) is 0.398. The molecule has 0 amide bonds. The molecule has 0 aliphatic carbocycles. The smallest absolute Gasteiger partial charge is 0.332 e. The van der Waals surface area contributed by atoms with E-state index < -0.39 is 15.9 Å². The number of aliphatic imine (C=N–C) groups is 2. The van der Waals surface area contributed by atoms with Gasteiger partial charge in [0.1, 0.15) is 5.66 Å². The molecule has 10 heteroatoms. The number of rotatable bonds is 7. The second-order valence-electron chi connectivity index (χ2n) is 7.83. The van der Waals surface area contributed by atoms with Gasteiger partial charge in [0.25, 0.3) is 0 Å². The first-order valence-electron chi connectivity index (χ1n) is 9.79. The molecule has 3 rings (SSSR count). The molecule has 0 radical (unpaired) electrons. The first-order chi connectivity index (χ1) is 14.5. The lowest BCUT2D eigenvalue weighted by Gasteiger charge is -2.38. The van der Waals surface area contributed by atoms with Crippen molar-refractivity contribution in [1.82, 2.24) is 0 Å². The molecule has 0 fully saturated rings. The van der Waals surface area contributed by atoms with Crippen molar-refractivity contribution in [2.45, 2.75) is 50.1 Å². The summed E-state index contributed by atoms with van der Waals surface area (Å²) in [4.78, 5) is 9.84. The number of aryl methyl sites for hydroxylation is 2. The number of anilines is 1. The second kappa shape index (κ2) is 8.84. The third-order valence-electron chi connectivity index (χ3n) is 5.05. The van der Waals surface area contributed by atoms with Crippen LogP contribution < -0.4 is 16.4 Å². The van der Waals surface area contributed by atoms with E-state index in [1.807, 2.05) is 32.0 Å². The number of nitrogens with zero attached hydrogens (tertiary/aromatic N) is 3. The lowest BCUT2D eigenvalue weighted by molar-refractivity contribution is 0.534. The summed E-state index contributed by atoms with van der Waals surface area (Å²) in [6.07, 6.45) is 3.32. The predicted octanol–water partition coefficient (Wildman–Crippen LogP) is 3.75. The lowest BCUT2D eigenvalue weighted by Crippen LogP contribution is -2.54. The molecule has 0 bridgehead atoms. The van der Waals surface area contributed by atoms with Crippen molar-refractivity contribution in [3.05, 3.63) is 58.6 Å². The highest BCUT2D eigenvalue weighted by Crippen LogP contribution is 2.31. The highest BCUT2D eigenvalue weighted by molar-refractivity contribution is 7.86. The van der Waals surface area contributed by atoms with E-state index in [4.69, 9.17) is 23.1 Å². The third-order valence-corrected chi connectivity index (χ3v) is 6.24. The molecule has 0 saturated carbocycles. The van der Waals surface area contributed by atoms with Gasteiger partial charge in [-0.2, -0.15) is 13.4 Å². The van der Waals surface area contributed by atoms with E-state index >= 15 is 0 Å². The minimum absolute atomic E-state index is 0.141. The van der Waals surface area contributed by atoms with Gasteiger partial charge >= 0.3 is 10.2 Å². The number of hydrogen-bond acceptors (Lipinski definition) is 7. The number of hydrogen-bond donors (Lipinski definition) is 2. The fraction of sp³-hybridized carbons (Fsp3) is 0.333. The summed E-state index contributed by atoms with van der Waals surface area (Å²) in [7, 11) is -4.66. The van der Waals surface area contributed by atoms with Crippen LogP contribution in [0, 0.1) is 0 Å². The molecular formula is C21H25ClFN5O2S. The van der Waals surface area contributed by atoms with Crippen LogP contribution in [-0.4, -0.2) is 26.0 Å². The Bertz CT molecular complexity index is 1130. The van der Waals surface area contributed by atoms with Gasteiger partial charge in [-0.3, -0.25) is 4.90 Å². The van der Waals surface area contributed by atoms with Gasteiger partial charge in [0.15, 0.2) is 0 Å². The van der Waals surface area contributed by atoms with Crippen LogP contribution in [0.4, 0.5) is 9.57 Å². The zero-order valence-corrected chi connectivity index (χ0v) is 18.9. The molecule has 0 spiro atoms. The molecule has 1 heterocycles. The monoisotopic (exact) mass is 465 g/mol. The molecule has 31 heavy (non-hydrogen) atoms. The van der Waals surface area contributed by atoms with Crippen LogP contribution >= 0.6 is 11.6 Å². The molecule has 2 aromatic carbocycles. The predicted molar refractivity (Wildman–Crippen MR) is 123 cm³/mol. The van der Waals surface area contributed by atoms with E-state index in [1.165, 1.54) is 12.1 Å². The Morgan fingerprint density at radius 2 is 1.71 bits per heavy atom. The molecule has 166 valence electrons. The summed E-state index contributed by atoms with van der Waals surface area (Å²) in [6, 6.07) is 11.6. The SMILES string of the molecule is CC1(C)N=C(N)N=C(N)N1c1ccc(CCCCc2ccc(S(=O)(=O)F)cc2)c(Cl)c1. The van der Waals surface area contributed by atoms with Crippen LogP contribution in [0.15, 0.2) is 57.3 Å². The first-order valence-corrected chi connectivity index (χ1v) is 11.6. The molecular weight excluding hydrogens is 441 g/mol. The van der Waals surface area contributed by atoms with Crippen LogP contribution in [0.5, 0.6) is 0 Å². The number of unbranched alkanes of at least 4 members (excludes halogenated alkanes) is 1. The maximum absolute atomic E-state index is 12.9. The van der Waals surface area contributed by atoms with Crippen LogP contribution in [0.25, 0.3) is 0 Å². The molecule has 1 aliphatic rings. The molecule has 0 atom stereocenters. The van der Waals surface area contributed by atoms with E-state index in [2.05, 4.69) is 9.98 Å². The van der Waals surface area contributed by atoms with E-state index in [0.717, 1.165) is 42.5 Å². The van der Waals surface area contributed by atoms with Crippen molar-refractivity contribution >= 4 is 39.4 Å². The Balaban J connectivity index is 1.60. The molecule has 0 saturated heterocycles. The van der Waals surface area contributed by atoms with Crippen molar-refractivity contribution in [2.75, 3.05) is 4.90 Å². The van der Waals surface area contributed by atoms with E-state index in [0.29, 0.717) is 5.02 Å². The Hall–Kier alpha value is -2.65. The molecule has 0 unspecified atom stereocenters. The summed E-state index contributed by atoms with van der Waals surface area (Å²) >= 11 is 6.51. The summed E-state index contributed by atoms with van der Waals surface area (Å²) in [5, 5.41) is 0.626. The van der Waals surface area contributed by atoms with Crippen molar-refractivity contribution in [1.29, 1.82) is 0 Å². The Morgan fingerprint density at radius 3 is 2.29 bits per heavy atom. The maximum atomic E-state index is 12.9. The third kappa shape index (κ3) is 5.54.